The van der Waals surface area contributed by atoms with E-state index >= 15 is 0 Å². The molecule has 1 heterocycles. The molecule has 0 unspecified atom stereocenters. The maximum Gasteiger partial charge on any atom is 0.371 e. The molecule has 0 atom stereocenters. The zero-order valence-electron chi connectivity index (χ0n) is 10.7. The summed E-state index contributed by atoms with van der Waals surface area (Å²) in [5.41, 5.74) is 1.29. The van der Waals surface area contributed by atoms with Crippen LogP contribution in [0.3, 0.4) is 0 Å². The van der Waals surface area contributed by atoms with Gasteiger partial charge in [0.05, 0.1) is 0 Å². The maximum atomic E-state index is 13.5. The minimum atomic E-state index is -1.10. The first-order valence-corrected chi connectivity index (χ1v) is 6.74. The maximum absolute atomic E-state index is 13.5. The number of aromatic carboxylic acids is 1. The first kappa shape index (κ1) is 14.7. The Labute approximate surface area is 123 Å². The van der Waals surface area contributed by atoms with Gasteiger partial charge in [0.2, 0.25) is 5.76 Å². The summed E-state index contributed by atoms with van der Waals surface area (Å²) in [6.07, 6.45) is 0. The number of hydrogen-bond acceptors (Lipinski definition) is 3. The number of nitrogens with one attached hydrogen (secondary N) is 1. The predicted octanol–water partition coefficient (Wildman–Crippen LogP) is 3.48. The molecule has 0 aliphatic heterocycles. The van der Waals surface area contributed by atoms with Crippen molar-refractivity contribution in [1.29, 1.82) is 0 Å². The molecule has 4 nitrogen and oxygen atoms in total. The summed E-state index contributed by atoms with van der Waals surface area (Å²) in [7, 11) is 0. The van der Waals surface area contributed by atoms with Gasteiger partial charge in [-0.05, 0) is 31.2 Å². The number of carboxylic acids is 1. The quantitative estimate of drug-likeness (QED) is 0.873. The summed E-state index contributed by atoms with van der Waals surface area (Å²) in [6.45, 7) is 2.45. The van der Waals surface area contributed by atoms with Crippen LogP contribution in [-0.4, -0.2) is 11.1 Å². The molecule has 2 N–H and O–H groups in total. The lowest BCUT2D eigenvalue weighted by Crippen LogP contribution is -2.14. The normalized spacial score (nSPS) is 10.8. The minimum Gasteiger partial charge on any atom is -0.475 e. The molecule has 0 fully saturated rings. The summed E-state index contributed by atoms with van der Waals surface area (Å²) in [6, 6.07) is 6.21. The average Bonchev–Trinajstić information content (AvgIpc) is 2.76. The van der Waals surface area contributed by atoms with Gasteiger partial charge >= 0.3 is 5.97 Å². The lowest BCUT2D eigenvalue weighted by Gasteiger charge is -2.06. The van der Waals surface area contributed by atoms with Gasteiger partial charge in [0.25, 0.3) is 0 Å². The first-order chi connectivity index (χ1) is 9.47. The van der Waals surface area contributed by atoms with Crippen LogP contribution in [0, 0.1) is 12.7 Å². The highest BCUT2D eigenvalue weighted by Gasteiger charge is 2.12. The second-order valence-corrected chi connectivity index (χ2v) is 5.25. The molecule has 106 valence electrons. The van der Waals surface area contributed by atoms with Crippen molar-refractivity contribution in [3.63, 3.8) is 0 Å². The van der Waals surface area contributed by atoms with Crippen LogP contribution in [0.2, 0.25) is 0 Å². The van der Waals surface area contributed by atoms with E-state index in [2.05, 4.69) is 21.2 Å². The Hall–Kier alpha value is -1.66. The van der Waals surface area contributed by atoms with E-state index in [1.54, 1.807) is 19.1 Å². The molecular weight excluding hydrogens is 329 g/mol. The monoisotopic (exact) mass is 341 g/mol. The molecule has 0 aliphatic rings. The number of carboxylic acid groups (broad SMARTS) is 1. The smallest absolute Gasteiger partial charge is 0.371 e. The van der Waals surface area contributed by atoms with Crippen molar-refractivity contribution in [2.75, 3.05) is 0 Å². The first-order valence-electron chi connectivity index (χ1n) is 5.94. The fourth-order valence-electron chi connectivity index (χ4n) is 1.81. The molecule has 0 saturated carbocycles. The van der Waals surface area contributed by atoms with Gasteiger partial charge in [-0.15, -0.1) is 0 Å². The highest BCUT2D eigenvalue weighted by atomic mass is 79.9. The van der Waals surface area contributed by atoms with E-state index in [-0.39, 0.29) is 11.6 Å². The summed E-state index contributed by atoms with van der Waals surface area (Å²) in [5, 5.41) is 11.9. The van der Waals surface area contributed by atoms with E-state index in [1.807, 2.05) is 0 Å². The molecule has 2 rings (SSSR count). The number of carbonyl (C=O) groups is 1. The van der Waals surface area contributed by atoms with E-state index in [4.69, 9.17) is 9.52 Å². The van der Waals surface area contributed by atoms with Crippen molar-refractivity contribution in [3.05, 3.63) is 57.2 Å². The van der Waals surface area contributed by atoms with E-state index in [1.165, 1.54) is 12.1 Å². The molecule has 6 heteroatoms. The molecule has 20 heavy (non-hydrogen) atoms. The molecule has 0 aliphatic carbocycles. The fourth-order valence-corrected chi connectivity index (χ4v) is 2.22. The number of furan rings is 1. The molecule has 0 amide bonds. The van der Waals surface area contributed by atoms with Crippen molar-refractivity contribution in [1.82, 2.24) is 5.32 Å². The van der Waals surface area contributed by atoms with Crippen LogP contribution < -0.4 is 5.32 Å². The predicted molar refractivity (Wildman–Crippen MR) is 75.0 cm³/mol. The number of benzene rings is 1. The van der Waals surface area contributed by atoms with Crippen LogP contribution in [0.25, 0.3) is 0 Å². The highest BCUT2D eigenvalue weighted by molar-refractivity contribution is 9.10. The van der Waals surface area contributed by atoms with Gasteiger partial charge in [-0.3, -0.25) is 0 Å². The third-order valence-electron chi connectivity index (χ3n) is 2.87. The molecule has 1 aromatic heterocycles. The minimum absolute atomic E-state index is 0.0899. The Morgan fingerprint density at radius 1 is 1.35 bits per heavy atom. The molecule has 0 spiro atoms. The number of hydrogen-bond donors (Lipinski definition) is 2. The topological polar surface area (TPSA) is 62.5 Å². The van der Waals surface area contributed by atoms with Crippen LogP contribution in [0.1, 0.15) is 27.4 Å². The Kier molecular flexibility index (Phi) is 4.57. The highest BCUT2D eigenvalue weighted by Crippen LogP contribution is 2.17. The van der Waals surface area contributed by atoms with Gasteiger partial charge in [0, 0.05) is 28.7 Å². The molecular formula is C14H13BrFNO3. The summed E-state index contributed by atoms with van der Waals surface area (Å²) in [4.78, 5) is 10.8. The molecule has 2 aromatic rings. The van der Waals surface area contributed by atoms with Crippen LogP contribution in [0.15, 0.2) is 33.2 Å². The summed E-state index contributed by atoms with van der Waals surface area (Å²) in [5.74, 6) is -0.925. The average molecular weight is 342 g/mol. The zero-order valence-corrected chi connectivity index (χ0v) is 12.3. The van der Waals surface area contributed by atoms with Crippen molar-refractivity contribution in [2.24, 2.45) is 0 Å². The van der Waals surface area contributed by atoms with E-state index in [9.17, 15) is 9.18 Å². The van der Waals surface area contributed by atoms with Gasteiger partial charge in [-0.25, -0.2) is 9.18 Å². The standard InChI is InChI=1S/C14H13BrFNO3/c1-8-9(5-13(20-8)14(18)19)6-17-7-10-4-11(15)2-3-12(10)16/h2-5,17H,6-7H2,1H3,(H,18,19). The second kappa shape index (κ2) is 6.19. The second-order valence-electron chi connectivity index (χ2n) is 4.34. The Morgan fingerprint density at radius 3 is 2.70 bits per heavy atom. The van der Waals surface area contributed by atoms with Crippen molar-refractivity contribution in [2.45, 2.75) is 20.0 Å². The van der Waals surface area contributed by atoms with Gasteiger partial charge in [-0.1, -0.05) is 15.9 Å². The van der Waals surface area contributed by atoms with Gasteiger partial charge in [0.1, 0.15) is 11.6 Å². The Bertz CT molecular complexity index is 639. The number of halogens is 2. The van der Waals surface area contributed by atoms with Crippen LogP contribution in [0.4, 0.5) is 4.39 Å². The number of aryl methyl sites for hydroxylation is 1. The fraction of sp³-hybridized carbons (Fsp3) is 0.214. The third kappa shape index (κ3) is 3.46. The van der Waals surface area contributed by atoms with Gasteiger partial charge < -0.3 is 14.8 Å². The van der Waals surface area contributed by atoms with Crippen molar-refractivity contribution < 1.29 is 18.7 Å². The Morgan fingerprint density at radius 2 is 2.05 bits per heavy atom. The van der Waals surface area contributed by atoms with Gasteiger partial charge in [0.15, 0.2) is 0 Å². The third-order valence-corrected chi connectivity index (χ3v) is 3.36. The van der Waals surface area contributed by atoms with E-state index in [0.29, 0.717) is 24.4 Å². The molecule has 1 aromatic carbocycles. The molecule has 0 bridgehead atoms. The van der Waals surface area contributed by atoms with Crippen LogP contribution in [-0.2, 0) is 13.1 Å². The van der Waals surface area contributed by atoms with E-state index < -0.39 is 5.97 Å². The SMILES string of the molecule is Cc1oc(C(=O)O)cc1CNCc1cc(Br)ccc1F. The summed E-state index contributed by atoms with van der Waals surface area (Å²) >= 11 is 3.29. The lowest BCUT2D eigenvalue weighted by atomic mass is 10.2. The largest absolute Gasteiger partial charge is 0.475 e. The van der Waals surface area contributed by atoms with Crippen LogP contribution in [0.5, 0.6) is 0 Å². The molecule has 0 saturated heterocycles. The van der Waals surface area contributed by atoms with Gasteiger partial charge in [-0.2, -0.15) is 0 Å². The van der Waals surface area contributed by atoms with E-state index in [0.717, 1.165) is 10.0 Å². The zero-order chi connectivity index (χ0) is 14.7. The molecule has 0 radical (unpaired) electrons. The number of rotatable bonds is 5. The lowest BCUT2D eigenvalue weighted by molar-refractivity contribution is 0.0661. The van der Waals surface area contributed by atoms with Crippen molar-refractivity contribution in [3.8, 4) is 0 Å². The van der Waals surface area contributed by atoms with Crippen molar-refractivity contribution >= 4 is 21.9 Å². The summed E-state index contributed by atoms with van der Waals surface area (Å²) < 4.78 is 19.4. The van der Waals surface area contributed by atoms with Crippen LogP contribution >= 0.6 is 15.9 Å². The Balaban J connectivity index is 1.99.